The molecule has 0 spiro atoms. The van der Waals surface area contributed by atoms with Crippen molar-refractivity contribution in [1.82, 2.24) is 5.43 Å². The van der Waals surface area contributed by atoms with Gasteiger partial charge in [-0.05, 0) is 48.2 Å². The van der Waals surface area contributed by atoms with Gasteiger partial charge < -0.3 is 9.64 Å². The Kier molecular flexibility index (Phi) is 4.70. The average Bonchev–Trinajstić information content (AvgIpc) is 3.17. The van der Waals surface area contributed by atoms with Gasteiger partial charge in [-0.15, -0.1) is 0 Å². The maximum absolute atomic E-state index is 13.1. The predicted molar refractivity (Wildman–Crippen MR) is 114 cm³/mol. The Bertz CT molecular complexity index is 1020. The second kappa shape index (κ2) is 7.17. The summed E-state index contributed by atoms with van der Waals surface area (Å²) in [5.41, 5.74) is 7.51. The largest absolute Gasteiger partial charge is 0.437 e. The maximum atomic E-state index is 13.1. The Morgan fingerprint density at radius 3 is 2.54 bits per heavy atom. The molecular weight excluding hydrogens is 396 g/mol. The molecule has 0 aromatic heterocycles. The number of nitrogens with zero attached hydrogens (tertiary/aromatic N) is 2. The molecule has 2 aromatic carbocycles. The highest BCUT2D eigenvalue weighted by molar-refractivity contribution is 8.27. The molecule has 28 heavy (non-hydrogen) atoms. The summed E-state index contributed by atoms with van der Waals surface area (Å²) in [6, 6.07) is 14.6. The lowest BCUT2D eigenvalue weighted by Crippen LogP contribution is -2.29. The third-order valence-corrected chi connectivity index (χ3v) is 5.55. The number of ether oxygens (including phenoxy) is 1. The Balaban J connectivity index is 1.59. The SMILES string of the molecule is CC(=O)NNc1ccc(N2C(=O)C(=C3Oc4ccccc4N3C)SC2=S)cc1. The lowest BCUT2D eigenvalue weighted by molar-refractivity contribution is -0.118. The number of hydrogen-bond donors (Lipinski definition) is 2. The zero-order chi connectivity index (χ0) is 19.8. The van der Waals surface area contributed by atoms with Crippen LogP contribution in [0.5, 0.6) is 5.75 Å². The highest BCUT2D eigenvalue weighted by Gasteiger charge is 2.40. The number of carbonyl (C=O) groups is 2. The predicted octanol–water partition coefficient (Wildman–Crippen LogP) is 3.21. The van der Waals surface area contributed by atoms with Crippen LogP contribution < -0.4 is 25.4 Å². The van der Waals surface area contributed by atoms with Crippen molar-refractivity contribution in [3.63, 3.8) is 0 Å². The topological polar surface area (TPSA) is 73.9 Å². The van der Waals surface area contributed by atoms with Crippen LogP contribution in [0, 0.1) is 0 Å². The van der Waals surface area contributed by atoms with Crippen LogP contribution in [0.1, 0.15) is 6.92 Å². The first-order valence-corrected chi connectivity index (χ1v) is 9.62. The van der Waals surface area contributed by atoms with Crippen molar-refractivity contribution in [3.05, 3.63) is 59.3 Å². The van der Waals surface area contributed by atoms with Crippen molar-refractivity contribution >= 4 is 57.2 Å². The van der Waals surface area contributed by atoms with E-state index < -0.39 is 0 Å². The van der Waals surface area contributed by atoms with E-state index in [0.717, 1.165) is 5.69 Å². The molecule has 7 nitrogen and oxygen atoms in total. The zero-order valence-electron chi connectivity index (χ0n) is 15.1. The minimum absolute atomic E-state index is 0.200. The molecule has 2 heterocycles. The monoisotopic (exact) mass is 412 g/mol. The molecule has 0 saturated carbocycles. The molecule has 0 bridgehead atoms. The number of rotatable bonds is 3. The summed E-state index contributed by atoms with van der Waals surface area (Å²) in [6.45, 7) is 1.41. The number of anilines is 3. The molecule has 0 atom stereocenters. The number of amides is 2. The third-order valence-electron chi connectivity index (χ3n) is 4.21. The van der Waals surface area contributed by atoms with Crippen LogP contribution in [-0.4, -0.2) is 23.2 Å². The molecule has 2 aliphatic rings. The average molecular weight is 412 g/mol. The molecular formula is C19H16N4O3S2. The van der Waals surface area contributed by atoms with Crippen LogP contribution in [0.4, 0.5) is 17.1 Å². The number of fused-ring (bicyclic) bond motifs is 1. The number of carbonyl (C=O) groups excluding carboxylic acids is 2. The van der Waals surface area contributed by atoms with E-state index in [0.29, 0.717) is 32.2 Å². The highest BCUT2D eigenvalue weighted by Crippen LogP contribution is 2.44. The van der Waals surface area contributed by atoms with E-state index in [1.807, 2.05) is 36.2 Å². The van der Waals surface area contributed by atoms with E-state index in [1.54, 1.807) is 24.3 Å². The van der Waals surface area contributed by atoms with E-state index in [9.17, 15) is 9.59 Å². The first-order chi connectivity index (χ1) is 13.5. The second-order valence-electron chi connectivity index (χ2n) is 6.12. The summed E-state index contributed by atoms with van der Waals surface area (Å²) in [4.78, 5) is 27.8. The zero-order valence-corrected chi connectivity index (χ0v) is 16.7. The Morgan fingerprint density at radius 2 is 1.86 bits per heavy atom. The summed E-state index contributed by atoms with van der Waals surface area (Å²) >= 11 is 6.66. The van der Waals surface area contributed by atoms with Gasteiger partial charge in [-0.25, -0.2) is 0 Å². The number of thiocarbonyl (C=S) groups is 1. The standard InChI is InChI=1S/C19H16N4O3S2/c1-11(24)20-21-12-7-9-13(10-8-12)23-17(25)16(28-19(23)27)18-22(2)14-5-3-4-6-15(14)26-18/h3-10,21H,1-2H3,(H,20,24). The maximum Gasteiger partial charge on any atom is 0.276 e. The number of hydrogen-bond acceptors (Lipinski definition) is 7. The highest BCUT2D eigenvalue weighted by atomic mass is 32.2. The van der Waals surface area contributed by atoms with E-state index in [4.69, 9.17) is 17.0 Å². The van der Waals surface area contributed by atoms with E-state index >= 15 is 0 Å². The molecule has 2 aliphatic heterocycles. The molecule has 142 valence electrons. The smallest absolute Gasteiger partial charge is 0.276 e. The normalized spacial score (nSPS) is 18.2. The van der Waals surface area contributed by atoms with Gasteiger partial charge in [0, 0.05) is 14.0 Å². The van der Waals surface area contributed by atoms with Gasteiger partial charge in [0.15, 0.2) is 10.1 Å². The minimum Gasteiger partial charge on any atom is -0.437 e. The van der Waals surface area contributed by atoms with Crippen molar-refractivity contribution in [3.8, 4) is 5.75 Å². The van der Waals surface area contributed by atoms with Gasteiger partial charge in [-0.1, -0.05) is 24.4 Å². The minimum atomic E-state index is -0.229. The van der Waals surface area contributed by atoms with Crippen molar-refractivity contribution in [2.24, 2.45) is 0 Å². The van der Waals surface area contributed by atoms with Gasteiger partial charge in [0.1, 0.15) is 4.91 Å². The number of nitrogens with one attached hydrogen (secondary N) is 2. The van der Waals surface area contributed by atoms with Gasteiger partial charge in [-0.2, -0.15) is 0 Å². The first-order valence-electron chi connectivity index (χ1n) is 8.39. The van der Waals surface area contributed by atoms with Gasteiger partial charge >= 0.3 is 0 Å². The molecule has 0 aliphatic carbocycles. The summed E-state index contributed by atoms with van der Waals surface area (Å²) < 4.78 is 6.34. The Hall–Kier alpha value is -3.04. The molecule has 1 saturated heterocycles. The molecule has 2 aromatic rings. The van der Waals surface area contributed by atoms with Crippen LogP contribution in [0.2, 0.25) is 0 Å². The third kappa shape index (κ3) is 3.19. The quantitative estimate of drug-likeness (QED) is 0.456. The van der Waals surface area contributed by atoms with Crippen LogP contribution in [0.15, 0.2) is 59.3 Å². The van der Waals surface area contributed by atoms with Crippen molar-refractivity contribution in [2.45, 2.75) is 6.92 Å². The fraction of sp³-hybridized carbons (Fsp3) is 0.105. The fourth-order valence-corrected chi connectivity index (χ4v) is 4.21. The van der Waals surface area contributed by atoms with Crippen molar-refractivity contribution < 1.29 is 14.3 Å². The van der Waals surface area contributed by atoms with Gasteiger partial charge in [0.25, 0.3) is 5.91 Å². The molecule has 0 radical (unpaired) electrons. The summed E-state index contributed by atoms with van der Waals surface area (Å²) in [5.74, 6) is 0.755. The number of benzene rings is 2. The van der Waals surface area contributed by atoms with Gasteiger partial charge in [0.05, 0.1) is 17.1 Å². The number of hydrazine groups is 1. The number of para-hydroxylation sites is 2. The lowest BCUT2D eigenvalue weighted by Gasteiger charge is -2.16. The van der Waals surface area contributed by atoms with Crippen LogP contribution >= 0.6 is 24.0 Å². The summed E-state index contributed by atoms with van der Waals surface area (Å²) in [7, 11) is 1.86. The summed E-state index contributed by atoms with van der Waals surface area (Å²) in [6.07, 6.45) is 0. The van der Waals surface area contributed by atoms with Gasteiger partial charge in [0.2, 0.25) is 11.8 Å². The summed E-state index contributed by atoms with van der Waals surface area (Å²) in [5, 5.41) is 0. The molecule has 4 rings (SSSR count). The molecule has 0 unspecified atom stereocenters. The Labute approximate surface area is 171 Å². The van der Waals surface area contributed by atoms with Crippen LogP contribution in [0.25, 0.3) is 0 Å². The van der Waals surface area contributed by atoms with E-state index in [2.05, 4.69) is 10.9 Å². The number of thioether (sulfide) groups is 1. The lowest BCUT2D eigenvalue weighted by atomic mass is 10.2. The van der Waals surface area contributed by atoms with Crippen molar-refractivity contribution in [1.29, 1.82) is 0 Å². The van der Waals surface area contributed by atoms with Crippen LogP contribution in [-0.2, 0) is 9.59 Å². The van der Waals surface area contributed by atoms with Crippen molar-refractivity contribution in [2.75, 3.05) is 22.3 Å². The molecule has 1 fully saturated rings. The van der Waals surface area contributed by atoms with E-state index in [1.165, 1.54) is 23.6 Å². The Morgan fingerprint density at radius 1 is 1.14 bits per heavy atom. The van der Waals surface area contributed by atoms with Gasteiger partial charge in [-0.3, -0.25) is 25.3 Å². The fourth-order valence-electron chi connectivity index (χ4n) is 2.87. The van der Waals surface area contributed by atoms with Crippen LogP contribution in [0.3, 0.4) is 0 Å². The molecule has 9 heteroatoms. The van der Waals surface area contributed by atoms with E-state index in [-0.39, 0.29) is 11.8 Å². The second-order valence-corrected chi connectivity index (χ2v) is 7.77. The first kappa shape index (κ1) is 18.3. The molecule has 2 N–H and O–H groups in total. The molecule has 2 amide bonds.